The summed E-state index contributed by atoms with van der Waals surface area (Å²) >= 11 is 0. The molecule has 0 radical (unpaired) electrons. The summed E-state index contributed by atoms with van der Waals surface area (Å²) in [6, 6.07) is 15.6. The van der Waals surface area contributed by atoms with E-state index in [1.165, 1.54) is 12.1 Å². The highest BCUT2D eigenvalue weighted by molar-refractivity contribution is 5.99. The van der Waals surface area contributed by atoms with Gasteiger partial charge in [0.1, 0.15) is 0 Å². The maximum absolute atomic E-state index is 12.0. The van der Waals surface area contributed by atoms with Crippen molar-refractivity contribution in [3.63, 3.8) is 0 Å². The van der Waals surface area contributed by atoms with Gasteiger partial charge in [-0.3, -0.25) is 14.9 Å². The lowest BCUT2D eigenvalue weighted by Crippen LogP contribution is -2.33. The van der Waals surface area contributed by atoms with Gasteiger partial charge in [0.05, 0.1) is 17.2 Å². The van der Waals surface area contributed by atoms with E-state index in [9.17, 15) is 14.9 Å². The smallest absolute Gasteiger partial charge is 0.270 e. The lowest BCUT2D eigenvalue weighted by Gasteiger charge is -2.17. The summed E-state index contributed by atoms with van der Waals surface area (Å²) in [4.78, 5) is 24.1. The Hall–Kier alpha value is -3.22. The molecule has 0 unspecified atom stereocenters. The van der Waals surface area contributed by atoms with Crippen LogP contribution in [0.15, 0.2) is 59.7 Å². The number of nitro benzene ring substituents is 1. The number of non-ortho nitro benzene ring substituents is 1. The Bertz CT molecular complexity index is 759. The van der Waals surface area contributed by atoms with Crippen LogP contribution >= 0.6 is 0 Å². The van der Waals surface area contributed by atoms with E-state index < -0.39 is 4.92 Å². The van der Waals surface area contributed by atoms with Crippen molar-refractivity contribution in [2.45, 2.75) is 6.92 Å². The zero-order valence-corrected chi connectivity index (χ0v) is 13.5. The molecule has 2 aromatic carbocycles. The van der Waals surface area contributed by atoms with E-state index in [1.54, 1.807) is 24.0 Å². The third-order valence-electron chi connectivity index (χ3n) is 3.40. The number of hydrogen-bond acceptors (Lipinski definition) is 5. The van der Waals surface area contributed by atoms with Gasteiger partial charge in [0.25, 0.3) is 11.6 Å². The molecular weight excluding hydrogens is 308 g/mol. The van der Waals surface area contributed by atoms with Gasteiger partial charge in [-0.25, -0.2) is 5.43 Å². The molecule has 0 aliphatic carbocycles. The Morgan fingerprint density at radius 1 is 1.21 bits per heavy atom. The summed E-state index contributed by atoms with van der Waals surface area (Å²) < 4.78 is 0. The first-order valence-corrected chi connectivity index (χ1v) is 7.31. The highest BCUT2D eigenvalue weighted by Gasteiger charge is 2.09. The maximum Gasteiger partial charge on any atom is 0.270 e. The highest BCUT2D eigenvalue weighted by atomic mass is 16.6. The first kappa shape index (κ1) is 17.1. The standard InChI is InChI=1S/C17H18N4O3/c1-13(14-7-6-10-16(11-14)21(23)24)18-19-17(22)12-20(2)15-8-4-3-5-9-15/h3-11H,12H2,1-2H3,(H,19,22)/b18-13+. The summed E-state index contributed by atoms with van der Waals surface area (Å²) in [5.41, 5.74) is 4.45. The van der Waals surface area contributed by atoms with Crippen LogP contribution in [0.5, 0.6) is 0 Å². The van der Waals surface area contributed by atoms with Crippen LogP contribution < -0.4 is 10.3 Å². The molecular formula is C17H18N4O3. The van der Waals surface area contributed by atoms with Crippen LogP contribution in [-0.2, 0) is 4.79 Å². The van der Waals surface area contributed by atoms with E-state index in [0.717, 1.165) is 5.69 Å². The first-order valence-electron chi connectivity index (χ1n) is 7.31. The molecule has 24 heavy (non-hydrogen) atoms. The van der Waals surface area contributed by atoms with Crippen LogP contribution in [-0.4, -0.2) is 30.1 Å². The molecule has 2 aromatic rings. The number of benzene rings is 2. The fourth-order valence-corrected chi connectivity index (χ4v) is 2.08. The monoisotopic (exact) mass is 326 g/mol. The molecule has 124 valence electrons. The molecule has 0 atom stereocenters. The van der Waals surface area contributed by atoms with Gasteiger partial charge in [-0.2, -0.15) is 5.10 Å². The molecule has 0 aliphatic heterocycles. The van der Waals surface area contributed by atoms with Gasteiger partial charge in [0.15, 0.2) is 0 Å². The fourth-order valence-electron chi connectivity index (χ4n) is 2.08. The van der Waals surface area contributed by atoms with Crippen LogP contribution in [0.25, 0.3) is 0 Å². The van der Waals surface area contributed by atoms with Crippen molar-refractivity contribution in [1.29, 1.82) is 0 Å². The Morgan fingerprint density at radius 2 is 1.92 bits per heavy atom. The van der Waals surface area contributed by atoms with Gasteiger partial charge >= 0.3 is 0 Å². The molecule has 0 aromatic heterocycles. The van der Waals surface area contributed by atoms with Gasteiger partial charge in [-0.15, -0.1) is 0 Å². The summed E-state index contributed by atoms with van der Waals surface area (Å²) in [6.45, 7) is 1.83. The Balaban J connectivity index is 1.98. The van der Waals surface area contributed by atoms with Gasteiger partial charge in [-0.1, -0.05) is 30.3 Å². The van der Waals surface area contributed by atoms with Crippen molar-refractivity contribution < 1.29 is 9.72 Å². The molecule has 0 aliphatic rings. The second kappa shape index (κ2) is 7.87. The van der Waals surface area contributed by atoms with E-state index in [1.807, 2.05) is 37.4 Å². The van der Waals surface area contributed by atoms with Crippen molar-refractivity contribution in [3.8, 4) is 0 Å². The summed E-state index contributed by atoms with van der Waals surface area (Å²) in [5, 5.41) is 14.8. The largest absolute Gasteiger partial charge is 0.365 e. The van der Waals surface area contributed by atoms with Gasteiger partial charge in [-0.05, 0) is 19.1 Å². The fraction of sp³-hybridized carbons (Fsp3) is 0.176. The van der Waals surface area contributed by atoms with Crippen LogP contribution in [0, 0.1) is 10.1 Å². The van der Waals surface area contributed by atoms with Crippen molar-refractivity contribution in [2.24, 2.45) is 5.10 Å². The number of carbonyl (C=O) groups excluding carboxylic acids is 1. The van der Waals surface area contributed by atoms with Crippen LogP contribution in [0.3, 0.4) is 0 Å². The summed E-state index contributed by atoms with van der Waals surface area (Å²) in [5.74, 6) is -0.272. The van der Waals surface area contributed by atoms with Crippen molar-refractivity contribution in [2.75, 3.05) is 18.5 Å². The predicted octanol–water partition coefficient (Wildman–Crippen LogP) is 2.57. The number of nitro groups is 1. The quantitative estimate of drug-likeness (QED) is 0.502. The second-order valence-electron chi connectivity index (χ2n) is 5.23. The topological polar surface area (TPSA) is 87.8 Å². The molecule has 0 bridgehead atoms. The van der Waals surface area contributed by atoms with Gasteiger partial charge < -0.3 is 4.90 Å². The molecule has 0 saturated carbocycles. The number of amides is 1. The molecule has 7 heteroatoms. The normalized spacial score (nSPS) is 11.0. The van der Waals surface area contributed by atoms with Gasteiger partial charge in [0, 0.05) is 30.4 Å². The van der Waals surface area contributed by atoms with E-state index >= 15 is 0 Å². The minimum absolute atomic E-state index is 0.0165. The number of nitrogens with one attached hydrogen (secondary N) is 1. The van der Waals surface area contributed by atoms with Crippen molar-refractivity contribution in [1.82, 2.24) is 5.43 Å². The van der Waals surface area contributed by atoms with E-state index in [2.05, 4.69) is 10.5 Å². The van der Waals surface area contributed by atoms with E-state index in [0.29, 0.717) is 11.3 Å². The van der Waals surface area contributed by atoms with Crippen molar-refractivity contribution >= 4 is 23.0 Å². The third-order valence-corrected chi connectivity index (χ3v) is 3.40. The Morgan fingerprint density at radius 3 is 2.58 bits per heavy atom. The minimum Gasteiger partial charge on any atom is -0.365 e. The van der Waals surface area contributed by atoms with Gasteiger partial charge in [0.2, 0.25) is 0 Å². The number of nitrogens with zero attached hydrogens (tertiary/aromatic N) is 3. The molecule has 2 rings (SSSR count). The second-order valence-corrected chi connectivity index (χ2v) is 5.23. The molecule has 0 heterocycles. The van der Waals surface area contributed by atoms with E-state index in [4.69, 9.17) is 0 Å². The number of para-hydroxylation sites is 1. The molecule has 0 saturated heterocycles. The van der Waals surface area contributed by atoms with Crippen molar-refractivity contribution in [3.05, 3.63) is 70.3 Å². The van der Waals surface area contributed by atoms with Crippen LogP contribution in [0.1, 0.15) is 12.5 Å². The number of carbonyl (C=O) groups is 1. The zero-order chi connectivity index (χ0) is 17.5. The minimum atomic E-state index is -0.468. The Kier molecular flexibility index (Phi) is 5.62. The molecule has 7 nitrogen and oxygen atoms in total. The van der Waals surface area contributed by atoms with Crippen LogP contribution in [0.2, 0.25) is 0 Å². The number of hydrogen-bond donors (Lipinski definition) is 1. The maximum atomic E-state index is 12.0. The first-order chi connectivity index (χ1) is 11.5. The average molecular weight is 326 g/mol. The molecule has 1 N–H and O–H groups in total. The number of likely N-dealkylation sites (N-methyl/N-ethyl adjacent to an activating group) is 1. The lowest BCUT2D eigenvalue weighted by molar-refractivity contribution is -0.384. The SMILES string of the molecule is C/C(=N\NC(=O)CN(C)c1ccccc1)c1cccc([N+](=O)[O-])c1. The van der Waals surface area contributed by atoms with E-state index in [-0.39, 0.29) is 18.1 Å². The highest BCUT2D eigenvalue weighted by Crippen LogP contribution is 2.13. The summed E-state index contributed by atoms with van der Waals surface area (Å²) in [6.07, 6.45) is 0. The number of anilines is 1. The number of hydrazone groups is 1. The van der Waals surface area contributed by atoms with Crippen LogP contribution in [0.4, 0.5) is 11.4 Å². The zero-order valence-electron chi connectivity index (χ0n) is 13.5. The molecule has 0 fully saturated rings. The molecule has 0 spiro atoms. The third kappa shape index (κ3) is 4.64. The predicted molar refractivity (Wildman–Crippen MR) is 93.2 cm³/mol. The lowest BCUT2D eigenvalue weighted by atomic mass is 10.1. The molecule has 1 amide bonds. The average Bonchev–Trinajstić information content (AvgIpc) is 2.60. The number of rotatable bonds is 6. The summed E-state index contributed by atoms with van der Waals surface area (Å²) in [7, 11) is 1.81. The Labute approximate surface area is 139 Å².